The van der Waals surface area contributed by atoms with E-state index in [1.807, 2.05) is 18.2 Å². The number of fused-ring (bicyclic) bond motifs is 6. The van der Waals surface area contributed by atoms with Crippen molar-refractivity contribution in [1.82, 2.24) is 4.57 Å². The monoisotopic (exact) mass is 815 g/mol. The lowest BCUT2D eigenvalue weighted by Gasteiger charge is -2.32. The molecule has 0 saturated carbocycles. The number of para-hydroxylation sites is 2. The molecule has 0 aliphatic heterocycles. The lowest BCUT2D eigenvalue weighted by atomic mass is 9.71. The van der Waals surface area contributed by atoms with Crippen LogP contribution in [0.1, 0.15) is 81.5 Å². The summed E-state index contributed by atoms with van der Waals surface area (Å²) in [4.78, 5) is 10.1. The number of allylic oxidation sites excluding steroid dienone is 4. The average Bonchev–Trinajstić information content (AvgIpc) is 3.81. The summed E-state index contributed by atoms with van der Waals surface area (Å²) in [6.45, 7) is 11.2. The van der Waals surface area contributed by atoms with Gasteiger partial charge >= 0.3 is 0 Å². The van der Waals surface area contributed by atoms with Crippen molar-refractivity contribution < 1.29 is 0 Å². The van der Waals surface area contributed by atoms with Crippen molar-refractivity contribution in [1.29, 1.82) is 0 Å². The lowest BCUT2D eigenvalue weighted by molar-refractivity contribution is 0.436. The molecule has 0 saturated heterocycles. The first-order valence-electron chi connectivity index (χ1n) is 22.7. The highest BCUT2D eigenvalue weighted by atomic mass is 15.0. The molecule has 3 nitrogen and oxygen atoms in total. The maximum absolute atomic E-state index is 5.03. The van der Waals surface area contributed by atoms with Gasteiger partial charge in [0.15, 0.2) is 5.84 Å². The first kappa shape index (κ1) is 40.0. The number of nitrogens with zero attached hydrogens (tertiary/aromatic N) is 3. The largest absolute Gasteiger partial charge is 0.309 e. The third kappa shape index (κ3) is 7.32. The van der Waals surface area contributed by atoms with Crippen LogP contribution in [0.15, 0.2) is 204 Å². The lowest BCUT2D eigenvalue weighted by Crippen LogP contribution is -2.25. The van der Waals surface area contributed by atoms with Gasteiger partial charge in [0.2, 0.25) is 0 Å². The van der Waals surface area contributed by atoms with Gasteiger partial charge in [-0.05, 0) is 125 Å². The van der Waals surface area contributed by atoms with Crippen molar-refractivity contribution in [2.45, 2.75) is 64.7 Å². The number of hydrogen-bond acceptors (Lipinski definition) is 1. The molecular weight excluding hydrogens is 763 g/mol. The third-order valence-electron chi connectivity index (χ3n) is 13.3. The minimum atomic E-state index is -0.0536. The third-order valence-corrected chi connectivity index (χ3v) is 13.3. The summed E-state index contributed by atoms with van der Waals surface area (Å²) in [6.07, 6.45) is 13.2. The Morgan fingerprint density at radius 3 is 1.67 bits per heavy atom. The molecule has 308 valence electrons. The van der Waals surface area contributed by atoms with E-state index in [1.54, 1.807) is 0 Å². The van der Waals surface area contributed by atoms with E-state index in [2.05, 4.69) is 196 Å². The maximum atomic E-state index is 5.03. The fourth-order valence-corrected chi connectivity index (χ4v) is 10.3. The van der Waals surface area contributed by atoms with Crippen LogP contribution in [0.5, 0.6) is 0 Å². The Hall–Kier alpha value is -7.10. The summed E-state index contributed by atoms with van der Waals surface area (Å²) in [5.41, 5.74) is 18.9. The highest BCUT2D eigenvalue weighted by Gasteiger charge is 2.42. The quantitative estimate of drug-likeness (QED) is 0.0919. The van der Waals surface area contributed by atoms with Gasteiger partial charge in [0.1, 0.15) is 0 Å². The second-order valence-electron chi connectivity index (χ2n) is 17.2. The van der Waals surface area contributed by atoms with Gasteiger partial charge in [0.05, 0.1) is 16.7 Å². The first-order chi connectivity index (χ1) is 31.0. The van der Waals surface area contributed by atoms with E-state index in [0.717, 1.165) is 60.9 Å². The zero-order valence-corrected chi connectivity index (χ0v) is 36.6. The van der Waals surface area contributed by atoms with E-state index in [-0.39, 0.29) is 5.41 Å². The van der Waals surface area contributed by atoms with Gasteiger partial charge in [-0.3, -0.25) is 0 Å². The first-order valence-corrected chi connectivity index (χ1v) is 22.7. The fraction of sp³-hybridized carbons (Fsp3) is 0.167. The Morgan fingerprint density at radius 2 is 1.11 bits per heavy atom. The summed E-state index contributed by atoms with van der Waals surface area (Å²) in [6, 6.07) is 59.9. The van der Waals surface area contributed by atoms with E-state index >= 15 is 0 Å². The molecule has 0 fully saturated rings. The highest BCUT2D eigenvalue weighted by Crippen LogP contribution is 2.55. The molecule has 7 aromatic carbocycles. The molecule has 0 bridgehead atoms. The van der Waals surface area contributed by atoms with E-state index in [1.165, 1.54) is 72.0 Å². The molecule has 1 aromatic heterocycles. The van der Waals surface area contributed by atoms with Gasteiger partial charge in [0.25, 0.3) is 0 Å². The zero-order valence-electron chi connectivity index (χ0n) is 36.6. The van der Waals surface area contributed by atoms with E-state index in [0.29, 0.717) is 11.5 Å². The Labute approximate surface area is 372 Å². The second kappa shape index (κ2) is 17.0. The molecule has 0 unspecified atom stereocenters. The van der Waals surface area contributed by atoms with Crippen LogP contribution in [0.3, 0.4) is 0 Å². The molecule has 8 aromatic rings. The number of benzene rings is 7. The van der Waals surface area contributed by atoms with Crippen molar-refractivity contribution in [2.24, 2.45) is 9.98 Å². The second-order valence-corrected chi connectivity index (χ2v) is 17.2. The standard InChI is InChI=1S/C60H53N3/c1-5-37-60(38-6-2)55-39-48(45-27-25-44(26-28-45)42(4)62-59(47-19-11-8-12-20-47)61-41(3)43-17-9-7-10-18-43)31-35-51(55)52-36-32-49(40-56(52)60)46-29-33-50(34-30-46)63-57-23-15-13-21-53(57)54-22-14-16-24-58(54)63/h8-9,11-36,39-40H,4-7,10,37-38H2,1-3H3. The van der Waals surface area contributed by atoms with E-state index in [4.69, 9.17) is 9.98 Å². The van der Waals surface area contributed by atoms with Gasteiger partial charge in [0, 0.05) is 33.1 Å². The number of aliphatic imine (C=N–C) groups is 2. The molecule has 10 rings (SSSR count). The van der Waals surface area contributed by atoms with Gasteiger partial charge in [-0.2, -0.15) is 0 Å². The fourth-order valence-electron chi connectivity index (χ4n) is 10.3. The Morgan fingerprint density at radius 1 is 0.571 bits per heavy atom. The molecule has 0 spiro atoms. The van der Waals surface area contributed by atoms with E-state index < -0.39 is 0 Å². The number of amidine groups is 1. The van der Waals surface area contributed by atoms with Gasteiger partial charge < -0.3 is 4.57 Å². The van der Waals surface area contributed by atoms with Crippen molar-refractivity contribution in [3.8, 4) is 39.1 Å². The Balaban J connectivity index is 0.959. The van der Waals surface area contributed by atoms with Crippen molar-refractivity contribution in [3.05, 3.63) is 216 Å². The van der Waals surface area contributed by atoms with Gasteiger partial charge in [-0.1, -0.05) is 179 Å². The van der Waals surface area contributed by atoms with Crippen molar-refractivity contribution in [2.75, 3.05) is 0 Å². The van der Waals surface area contributed by atoms with Gasteiger partial charge in [-0.15, -0.1) is 0 Å². The summed E-state index contributed by atoms with van der Waals surface area (Å²) in [5, 5.41) is 2.56. The summed E-state index contributed by atoms with van der Waals surface area (Å²) in [5.74, 6) is 0.669. The zero-order chi connectivity index (χ0) is 42.9. The smallest absolute Gasteiger partial charge is 0.160 e. The summed E-state index contributed by atoms with van der Waals surface area (Å²) in [7, 11) is 0. The molecule has 2 aliphatic rings. The summed E-state index contributed by atoms with van der Waals surface area (Å²) < 4.78 is 2.39. The SMILES string of the molecule is C=C(N=C(N=C(C)C1=CCCC=C1)c1ccccc1)c1ccc(-c2ccc3c(c2)C(CCC)(CCC)c2cc(-c4ccc(-n5c6ccccc6c6ccccc65)cc4)ccc2-3)cc1. The molecule has 0 amide bonds. The molecule has 63 heavy (non-hydrogen) atoms. The highest BCUT2D eigenvalue weighted by molar-refractivity contribution is 6.13. The molecule has 0 radical (unpaired) electrons. The van der Waals surface area contributed by atoms with Crippen LogP contribution in [0.25, 0.3) is 66.6 Å². The summed E-state index contributed by atoms with van der Waals surface area (Å²) >= 11 is 0. The van der Waals surface area contributed by atoms with Crippen molar-refractivity contribution >= 4 is 39.1 Å². The minimum Gasteiger partial charge on any atom is -0.309 e. The molecule has 2 aliphatic carbocycles. The average molecular weight is 816 g/mol. The minimum absolute atomic E-state index is 0.0536. The Kier molecular flexibility index (Phi) is 10.8. The van der Waals surface area contributed by atoms with E-state index in [9.17, 15) is 0 Å². The van der Waals surface area contributed by atoms with Crippen molar-refractivity contribution in [3.63, 3.8) is 0 Å². The predicted molar refractivity (Wildman–Crippen MR) is 269 cm³/mol. The van der Waals surface area contributed by atoms with Crippen LogP contribution in [0.4, 0.5) is 0 Å². The van der Waals surface area contributed by atoms with Crippen LogP contribution in [0.2, 0.25) is 0 Å². The number of aromatic nitrogens is 1. The normalized spacial score (nSPS) is 14.5. The van der Waals surface area contributed by atoms with Crippen LogP contribution >= 0.6 is 0 Å². The molecule has 0 atom stereocenters. The molecule has 3 heteroatoms. The number of rotatable bonds is 11. The Bertz CT molecular complexity index is 3070. The maximum Gasteiger partial charge on any atom is 0.160 e. The topological polar surface area (TPSA) is 29.6 Å². The van der Waals surface area contributed by atoms with Crippen LogP contribution in [-0.4, -0.2) is 16.1 Å². The van der Waals surface area contributed by atoms with Crippen LogP contribution in [0, 0.1) is 0 Å². The molecule has 1 heterocycles. The van der Waals surface area contributed by atoms with Gasteiger partial charge in [-0.25, -0.2) is 9.98 Å². The van der Waals surface area contributed by atoms with Crippen LogP contribution in [-0.2, 0) is 5.41 Å². The molecule has 0 N–H and O–H groups in total. The van der Waals surface area contributed by atoms with Crippen LogP contribution < -0.4 is 0 Å². The predicted octanol–water partition coefficient (Wildman–Crippen LogP) is 16.1. The number of hydrogen-bond donors (Lipinski definition) is 0. The molecular formula is C60H53N3.